The van der Waals surface area contributed by atoms with Crippen LogP contribution in [0.3, 0.4) is 0 Å². The summed E-state index contributed by atoms with van der Waals surface area (Å²) in [5, 5.41) is 0. The molecule has 0 unspecified atom stereocenters. The molecule has 0 bridgehead atoms. The molecule has 1 fully saturated rings. The summed E-state index contributed by atoms with van der Waals surface area (Å²) >= 11 is 3.61. The molecule has 19 heavy (non-hydrogen) atoms. The highest BCUT2D eigenvalue weighted by molar-refractivity contribution is 9.10. The minimum absolute atomic E-state index is 0.214. The van der Waals surface area contributed by atoms with E-state index in [1.165, 1.54) is 31.5 Å². The maximum absolute atomic E-state index is 5.74. The van der Waals surface area contributed by atoms with Gasteiger partial charge in [0.15, 0.2) is 0 Å². The van der Waals surface area contributed by atoms with Gasteiger partial charge in [0.1, 0.15) is 5.75 Å². The van der Waals surface area contributed by atoms with Crippen molar-refractivity contribution in [3.63, 3.8) is 0 Å². The third-order valence-electron chi connectivity index (χ3n) is 3.64. The lowest BCUT2D eigenvalue weighted by atomic mass is 9.99. The zero-order chi connectivity index (χ0) is 13.8. The van der Waals surface area contributed by atoms with Crippen LogP contribution in [0.15, 0.2) is 22.7 Å². The minimum Gasteiger partial charge on any atom is -0.490 e. The molecule has 1 aliphatic heterocycles. The zero-order valence-corrected chi connectivity index (χ0v) is 13.7. The number of rotatable bonds is 4. The van der Waals surface area contributed by atoms with Gasteiger partial charge in [-0.2, -0.15) is 0 Å². The predicted octanol–water partition coefficient (Wildman–Crippen LogP) is 4.47. The monoisotopic (exact) mass is 325 g/mol. The molecule has 2 rings (SSSR count). The average Bonchev–Trinajstić information content (AvgIpc) is 2.35. The molecule has 1 aliphatic rings. The highest BCUT2D eigenvalue weighted by Crippen LogP contribution is 2.28. The highest BCUT2D eigenvalue weighted by Gasteiger charge is 2.16. The second kappa shape index (κ2) is 6.76. The van der Waals surface area contributed by atoms with Gasteiger partial charge in [0.2, 0.25) is 0 Å². The maximum Gasteiger partial charge on any atom is 0.133 e. The lowest BCUT2D eigenvalue weighted by Crippen LogP contribution is -2.32. The molecule has 0 aliphatic carbocycles. The van der Waals surface area contributed by atoms with Gasteiger partial charge in [-0.05, 0) is 79.3 Å². The van der Waals surface area contributed by atoms with Crippen molar-refractivity contribution in [1.29, 1.82) is 0 Å². The first-order chi connectivity index (χ1) is 9.04. The highest BCUT2D eigenvalue weighted by atomic mass is 79.9. The van der Waals surface area contributed by atoms with Crippen LogP contribution >= 0.6 is 15.9 Å². The van der Waals surface area contributed by atoms with Crippen molar-refractivity contribution in [2.75, 3.05) is 13.1 Å². The Morgan fingerprint density at radius 3 is 2.58 bits per heavy atom. The van der Waals surface area contributed by atoms with E-state index in [9.17, 15) is 0 Å². The van der Waals surface area contributed by atoms with Crippen LogP contribution in [0.25, 0.3) is 0 Å². The lowest BCUT2D eigenvalue weighted by molar-refractivity contribution is 0.185. The van der Waals surface area contributed by atoms with Gasteiger partial charge >= 0.3 is 0 Å². The third kappa shape index (κ3) is 4.50. The van der Waals surface area contributed by atoms with E-state index < -0.39 is 0 Å². The third-order valence-corrected chi connectivity index (χ3v) is 4.26. The summed E-state index contributed by atoms with van der Waals surface area (Å²) in [5.41, 5.74) is 1.36. The van der Waals surface area contributed by atoms with E-state index in [2.05, 4.69) is 59.8 Å². The SMILES string of the molecule is CC1CCN(Cc2ccc(OC(C)C)c(Br)c2)CC1. The Kier molecular flexibility index (Phi) is 5.28. The van der Waals surface area contributed by atoms with Crippen LogP contribution in [0.1, 0.15) is 39.2 Å². The van der Waals surface area contributed by atoms with Crippen LogP contribution in [0.5, 0.6) is 5.75 Å². The van der Waals surface area contributed by atoms with Gasteiger partial charge in [-0.3, -0.25) is 4.90 Å². The molecule has 0 spiro atoms. The van der Waals surface area contributed by atoms with Crippen molar-refractivity contribution in [3.05, 3.63) is 28.2 Å². The van der Waals surface area contributed by atoms with Gasteiger partial charge < -0.3 is 4.74 Å². The van der Waals surface area contributed by atoms with Gasteiger partial charge in [-0.1, -0.05) is 13.0 Å². The van der Waals surface area contributed by atoms with E-state index >= 15 is 0 Å². The van der Waals surface area contributed by atoms with Crippen molar-refractivity contribution in [1.82, 2.24) is 4.90 Å². The van der Waals surface area contributed by atoms with Gasteiger partial charge in [0.05, 0.1) is 10.6 Å². The molecule has 0 amide bonds. The quantitative estimate of drug-likeness (QED) is 0.809. The number of ether oxygens (including phenoxy) is 1. The van der Waals surface area contributed by atoms with E-state index in [1.807, 2.05) is 0 Å². The molecule has 1 heterocycles. The molecule has 1 aromatic rings. The van der Waals surface area contributed by atoms with E-state index in [-0.39, 0.29) is 6.10 Å². The smallest absolute Gasteiger partial charge is 0.133 e. The summed E-state index contributed by atoms with van der Waals surface area (Å²) in [6, 6.07) is 6.45. The summed E-state index contributed by atoms with van der Waals surface area (Å²) < 4.78 is 6.80. The first-order valence-corrected chi connectivity index (χ1v) is 8.01. The maximum atomic E-state index is 5.74. The molecule has 1 aromatic carbocycles. The fourth-order valence-corrected chi connectivity index (χ4v) is 2.99. The van der Waals surface area contributed by atoms with Crippen molar-refractivity contribution in [2.24, 2.45) is 5.92 Å². The Labute approximate surface area is 125 Å². The zero-order valence-electron chi connectivity index (χ0n) is 12.2. The second-order valence-electron chi connectivity index (χ2n) is 5.89. The van der Waals surface area contributed by atoms with E-state index in [0.29, 0.717) is 0 Å². The van der Waals surface area contributed by atoms with Crippen molar-refractivity contribution >= 4 is 15.9 Å². The summed E-state index contributed by atoms with van der Waals surface area (Å²) in [4.78, 5) is 2.55. The molecular formula is C16H24BrNO. The number of hydrogen-bond acceptors (Lipinski definition) is 2. The minimum atomic E-state index is 0.214. The van der Waals surface area contributed by atoms with Gasteiger partial charge in [0, 0.05) is 6.54 Å². The van der Waals surface area contributed by atoms with Crippen LogP contribution in [-0.4, -0.2) is 24.1 Å². The van der Waals surface area contributed by atoms with Crippen LogP contribution in [0.4, 0.5) is 0 Å². The number of nitrogens with zero attached hydrogens (tertiary/aromatic N) is 1. The summed E-state index contributed by atoms with van der Waals surface area (Å²) in [5.74, 6) is 1.83. The first kappa shape index (κ1) is 14.9. The van der Waals surface area contributed by atoms with E-state index in [0.717, 1.165) is 22.7 Å². The molecule has 0 aromatic heterocycles. The Morgan fingerprint density at radius 1 is 1.32 bits per heavy atom. The van der Waals surface area contributed by atoms with Gasteiger partial charge in [0.25, 0.3) is 0 Å². The summed E-state index contributed by atoms with van der Waals surface area (Å²) in [6.07, 6.45) is 2.87. The number of likely N-dealkylation sites (tertiary alicyclic amines) is 1. The topological polar surface area (TPSA) is 12.5 Å². The molecule has 0 atom stereocenters. The molecule has 0 saturated carbocycles. The van der Waals surface area contributed by atoms with Crippen molar-refractivity contribution in [2.45, 2.75) is 46.3 Å². The Hall–Kier alpha value is -0.540. The Bertz CT molecular complexity index is 411. The molecule has 0 N–H and O–H groups in total. The summed E-state index contributed by atoms with van der Waals surface area (Å²) in [7, 11) is 0. The number of piperidine rings is 1. The van der Waals surface area contributed by atoms with Crippen molar-refractivity contribution < 1.29 is 4.74 Å². The molecule has 2 nitrogen and oxygen atoms in total. The second-order valence-corrected chi connectivity index (χ2v) is 6.74. The van der Waals surface area contributed by atoms with Crippen LogP contribution in [-0.2, 0) is 6.54 Å². The number of benzene rings is 1. The first-order valence-electron chi connectivity index (χ1n) is 7.22. The van der Waals surface area contributed by atoms with Gasteiger partial charge in [-0.25, -0.2) is 0 Å². The normalized spacial score (nSPS) is 17.9. The van der Waals surface area contributed by atoms with Crippen LogP contribution < -0.4 is 4.74 Å². The Morgan fingerprint density at radius 2 is 2.00 bits per heavy atom. The standard InChI is InChI=1S/C16H24BrNO/c1-12(2)19-16-5-4-14(10-15(16)17)11-18-8-6-13(3)7-9-18/h4-5,10,12-13H,6-9,11H2,1-3H3. The molecule has 106 valence electrons. The predicted molar refractivity (Wildman–Crippen MR) is 83.6 cm³/mol. The van der Waals surface area contributed by atoms with Crippen molar-refractivity contribution in [3.8, 4) is 5.75 Å². The number of halogens is 1. The largest absolute Gasteiger partial charge is 0.490 e. The van der Waals surface area contributed by atoms with Gasteiger partial charge in [-0.15, -0.1) is 0 Å². The summed E-state index contributed by atoms with van der Waals surface area (Å²) in [6.45, 7) is 9.95. The number of hydrogen-bond donors (Lipinski definition) is 0. The van der Waals surface area contributed by atoms with E-state index in [4.69, 9.17) is 4.74 Å². The van der Waals surface area contributed by atoms with E-state index in [1.54, 1.807) is 0 Å². The Balaban J connectivity index is 1.96. The lowest BCUT2D eigenvalue weighted by Gasteiger charge is -2.30. The average molecular weight is 326 g/mol. The van der Waals surface area contributed by atoms with Crippen LogP contribution in [0.2, 0.25) is 0 Å². The fraction of sp³-hybridized carbons (Fsp3) is 0.625. The molecular weight excluding hydrogens is 302 g/mol. The molecule has 1 saturated heterocycles. The van der Waals surface area contributed by atoms with Crippen LogP contribution in [0, 0.1) is 5.92 Å². The fourth-order valence-electron chi connectivity index (χ4n) is 2.47. The molecule has 3 heteroatoms. The molecule has 0 radical (unpaired) electrons.